The Labute approximate surface area is 125 Å². The van der Waals surface area contributed by atoms with Crippen molar-refractivity contribution >= 4 is 21.6 Å². The monoisotopic (exact) mass is 317 g/mol. The molecule has 0 saturated carbocycles. The highest BCUT2D eigenvalue weighted by Gasteiger charge is 2.31. The molecule has 0 aromatic heterocycles. The molecule has 6 heteroatoms. The quantitative estimate of drug-likeness (QED) is 0.839. The van der Waals surface area contributed by atoms with Gasteiger partial charge < -0.3 is 4.74 Å². The van der Waals surface area contributed by atoms with Gasteiger partial charge in [0.15, 0.2) is 0 Å². The summed E-state index contributed by atoms with van der Waals surface area (Å²) in [5.41, 5.74) is 0. The van der Waals surface area contributed by atoms with Gasteiger partial charge in [-0.3, -0.25) is 0 Å². The van der Waals surface area contributed by atoms with Crippen LogP contribution in [0.3, 0.4) is 0 Å². The third-order valence-electron chi connectivity index (χ3n) is 3.49. The number of nitrogens with zero attached hydrogens (tertiary/aromatic N) is 1. The zero-order valence-corrected chi connectivity index (χ0v) is 13.2. The van der Waals surface area contributed by atoms with Gasteiger partial charge in [0.05, 0.1) is 11.6 Å². The number of sulfonamides is 1. The van der Waals surface area contributed by atoms with Gasteiger partial charge in [-0.05, 0) is 37.8 Å². The second kappa shape index (κ2) is 6.89. The summed E-state index contributed by atoms with van der Waals surface area (Å²) in [5, 5.41) is 0.277. The van der Waals surface area contributed by atoms with Crippen LogP contribution in [0.15, 0.2) is 29.2 Å². The molecule has 1 unspecified atom stereocenters. The molecule has 1 aromatic carbocycles. The molecule has 0 aliphatic carbocycles. The predicted octanol–water partition coefficient (Wildman–Crippen LogP) is 2.78. The lowest BCUT2D eigenvalue weighted by atomic mass is 10.0. The third-order valence-corrected chi connectivity index (χ3v) is 5.86. The normalized spacial score (nSPS) is 21.0. The highest BCUT2D eigenvalue weighted by atomic mass is 35.5. The lowest BCUT2D eigenvalue weighted by Crippen LogP contribution is -2.41. The molecular weight excluding hydrogens is 298 g/mol. The van der Waals surface area contributed by atoms with Gasteiger partial charge in [-0.15, -0.1) is 0 Å². The van der Waals surface area contributed by atoms with Gasteiger partial charge in [0.1, 0.15) is 4.90 Å². The number of piperidine rings is 1. The Morgan fingerprint density at radius 3 is 2.85 bits per heavy atom. The second-order valence-corrected chi connectivity index (χ2v) is 7.27. The molecule has 4 nitrogen and oxygen atoms in total. The smallest absolute Gasteiger partial charge is 0.244 e. The summed E-state index contributed by atoms with van der Waals surface area (Å²) in [5.74, 6) is 0.265. The van der Waals surface area contributed by atoms with Gasteiger partial charge in [0, 0.05) is 19.7 Å². The van der Waals surface area contributed by atoms with E-state index in [2.05, 4.69) is 0 Å². The van der Waals surface area contributed by atoms with Crippen molar-refractivity contribution < 1.29 is 13.2 Å². The minimum atomic E-state index is -3.50. The average Bonchev–Trinajstić information content (AvgIpc) is 2.45. The Hall–Kier alpha value is -0.620. The maximum Gasteiger partial charge on any atom is 0.244 e. The summed E-state index contributed by atoms with van der Waals surface area (Å²) in [4.78, 5) is 0.193. The van der Waals surface area contributed by atoms with Crippen LogP contribution in [0.1, 0.15) is 19.8 Å². The Balaban J connectivity index is 2.15. The third kappa shape index (κ3) is 3.52. The van der Waals surface area contributed by atoms with E-state index in [0.717, 1.165) is 12.8 Å². The van der Waals surface area contributed by atoms with Gasteiger partial charge in [-0.25, -0.2) is 8.42 Å². The van der Waals surface area contributed by atoms with Crippen LogP contribution in [0.25, 0.3) is 0 Å². The molecule has 1 aliphatic rings. The summed E-state index contributed by atoms with van der Waals surface area (Å²) < 4.78 is 32.2. The van der Waals surface area contributed by atoms with Crippen molar-refractivity contribution in [2.24, 2.45) is 5.92 Å². The Morgan fingerprint density at radius 1 is 1.40 bits per heavy atom. The fourth-order valence-corrected chi connectivity index (χ4v) is 4.51. The van der Waals surface area contributed by atoms with Crippen molar-refractivity contribution in [3.8, 4) is 0 Å². The van der Waals surface area contributed by atoms with Gasteiger partial charge >= 0.3 is 0 Å². The van der Waals surface area contributed by atoms with E-state index < -0.39 is 10.0 Å². The molecule has 0 radical (unpaired) electrons. The van der Waals surface area contributed by atoms with Crippen molar-refractivity contribution in [3.63, 3.8) is 0 Å². The molecule has 0 N–H and O–H groups in total. The molecule has 1 aliphatic heterocycles. The molecule has 1 atom stereocenters. The number of halogens is 1. The fourth-order valence-electron chi connectivity index (χ4n) is 2.46. The first kappa shape index (κ1) is 15.8. The topological polar surface area (TPSA) is 46.6 Å². The Kier molecular flexibility index (Phi) is 5.43. The van der Waals surface area contributed by atoms with E-state index in [4.69, 9.17) is 16.3 Å². The molecule has 0 amide bonds. The zero-order valence-electron chi connectivity index (χ0n) is 11.6. The van der Waals surface area contributed by atoms with Gasteiger partial charge in [0.25, 0.3) is 0 Å². The number of hydrogen-bond acceptors (Lipinski definition) is 3. The van der Waals surface area contributed by atoms with Crippen molar-refractivity contribution in [2.45, 2.75) is 24.7 Å². The van der Waals surface area contributed by atoms with Crippen LogP contribution >= 0.6 is 11.6 Å². The first-order valence-electron chi connectivity index (χ1n) is 6.88. The first-order chi connectivity index (χ1) is 9.55. The molecular formula is C14H20ClNO3S. The maximum atomic E-state index is 12.6. The largest absolute Gasteiger partial charge is 0.381 e. The minimum Gasteiger partial charge on any atom is -0.381 e. The Morgan fingerprint density at radius 2 is 2.15 bits per heavy atom. The van der Waals surface area contributed by atoms with E-state index in [-0.39, 0.29) is 15.8 Å². The minimum absolute atomic E-state index is 0.193. The lowest BCUT2D eigenvalue weighted by Gasteiger charge is -2.31. The lowest BCUT2D eigenvalue weighted by molar-refractivity contribution is 0.0864. The number of hydrogen-bond donors (Lipinski definition) is 0. The van der Waals surface area contributed by atoms with E-state index in [1.54, 1.807) is 24.3 Å². The van der Waals surface area contributed by atoms with Gasteiger partial charge in [-0.2, -0.15) is 4.31 Å². The standard InChI is InChI=1S/C14H20ClNO3S/c1-2-19-11-12-6-5-9-16(10-12)20(17,18)14-8-4-3-7-13(14)15/h3-4,7-8,12H,2,5-6,9-11H2,1H3. The summed E-state index contributed by atoms with van der Waals surface area (Å²) in [7, 11) is -3.50. The fraction of sp³-hybridized carbons (Fsp3) is 0.571. The Bertz CT molecular complexity index is 547. The molecule has 0 spiro atoms. The molecule has 2 rings (SSSR count). The molecule has 1 heterocycles. The van der Waals surface area contributed by atoms with E-state index in [9.17, 15) is 8.42 Å². The predicted molar refractivity (Wildman–Crippen MR) is 79.4 cm³/mol. The van der Waals surface area contributed by atoms with Crippen LogP contribution in [0.5, 0.6) is 0 Å². The summed E-state index contributed by atoms with van der Waals surface area (Å²) >= 11 is 6.02. The summed E-state index contributed by atoms with van der Waals surface area (Å²) in [6.45, 7) is 4.28. The number of ether oxygens (including phenoxy) is 1. The van der Waals surface area contributed by atoms with Crippen LogP contribution in [-0.4, -0.2) is 39.0 Å². The highest BCUT2D eigenvalue weighted by molar-refractivity contribution is 7.89. The SMILES string of the molecule is CCOCC1CCCN(S(=O)(=O)c2ccccc2Cl)C1. The van der Waals surface area contributed by atoms with E-state index in [0.29, 0.717) is 26.3 Å². The van der Waals surface area contributed by atoms with Crippen LogP contribution in [0, 0.1) is 5.92 Å². The first-order valence-corrected chi connectivity index (χ1v) is 8.70. The second-order valence-electron chi connectivity index (χ2n) is 4.96. The van der Waals surface area contributed by atoms with Crippen molar-refractivity contribution in [1.29, 1.82) is 0 Å². The van der Waals surface area contributed by atoms with Crippen LogP contribution in [0.4, 0.5) is 0 Å². The highest BCUT2D eigenvalue weighted by Crippen LogP contribution is 2.28. The molecule has 1 saturated heterocycles. The maximum absolute atomic E-state index is 12.6. The summed E-state index contributed by atoms with van der Waals surface area (Å²) in [6, 6.07) is 6.59. The van der Waals surface area contributed by atoms with Crippen molar-refractivity contribution in [1.82, 2.24) is 4.31 Å². The zero-order chi connectivity index (χ0) is 14.6. The van der Waals surface area contributed by atoms with Crippen molar-refractivity contribution in [3.05, 3.63) is 29.3 Å². The van der Waals surface area contributed by atoms with Gasteiger partial charge in [-0.1, -0.05) is 23.7 Å². The molecule has 112 valence electrons. The molecule has 0 bridgehead atoms. The number of benzene rings is 1. The van der Waals surface area contributed by atoms with Crippen LogP contribution in [0.2, 0.25) is 5.02 Å². The van der Waals surface area contributed by atoms with Crippen molar-refractivity contribution in [2.75, 3.05) is 26.3 Å². The molecule has 20 heavy (non-hydrogen) atoms. The van der Waals surface area contributed by atoms with Gasteiger partial charge in [0.2, 0.25) is 10.0 Å². The van der Waals surface area contributed by atoms with E-state index in [1.807, 2.05) is 6.92 Å². The van der Waals surface area contributed by atoms with E-state index in [1.165, 1.54) is 4.31 Å². The summed E-state index contributed by atoms with van der Waals surface area (Å²) in [6.07, 6.45) is 1.87. The van der Waals surface area contributed by atoms with Crippen LogP contribution in [-0.2, 0) is 14.8 Å². The average molecular weight is 318 g/mol. The molecule has 1 aromatic rings. The van der Waals surface area contributed by atoms with Crippen LogP contribution < -0.4 is 0 Å². The number of rotatable bonds is 5. The molecule has 1 fully saturated rings. The van der Waals surface area contributed by atoms with E-state index >= 15 is 0 Å².